The minimum atomic E-state index is -0.729. The Morgan fingerprint density at radius 2 is 2.21 bits per heavy atom. The lowest BCUT2D eigenvalue weighted by atomic mass is 10.2. The van der Waals surface area contributed by atoms with E-state index in [1.54, 1.807) is 0 Å². The third kappa shape index (κ3) is 5.13. The zero-order valence-electron chi connectivity index (χ0n) is 13.4. The van der Waals surface area contributed by atoms with Gasteiger partial charge in [0.2, 0.25) is 5.91 Å². The van der Waals surface area contributed by atoms with E-state index in [0.717, 1.165) is 12.1 Å². The molecule has 130 valence electrons. The summed E-state index contributed by atoms with van der Waals surface area (Å²) in [6.45, 7) is 1.97. The van der Waals surface area contributed by atoms with Crippen molar-refractivity contribution in [1.82, 2.24) is 10.3 Å². The molecule has 0 aliphatic carbocycles. The minimum absolute atomic E-state index is 0.0157. The van der Waals surface area contributed by atoms with Crippen molar-refractivity contribution < 1.29 is 23.1 Å². The summed E-state index contributed by atoms with van der Waals surface area (Å²) in [6.07, 6.45) is 3.16. The highest BCUT2D eigenvalue weighted by Gasteiger charge is 2.13. The number of amides is 1. The number of carbonyl (C=O) groups excluding carboxylic acids is 1. The smallest absolute Gasteiger partial charge is 0.220 e. The van der Waals surface area contributed by atoms with Crippen LogP contribution in [0, 0.1) is 11.6 Å². The van der Waals surface area contributed by atoms with Gasteiger partial charge < -0.3 is 14.8 Å². The molecule has 7 heteroatoms. The van der Waals surface area contributed by atoms with E-state index in [2.05, 4.69) is 10.3 Å². The Balaban J connectivity index is 1.88. The predicted octanol–water partition coefficient (Wildman–Crippen LogP) is 2.83. The van der Waals surface area contributed by atoms with Gasteiger partial charge in [-0.3, -0.25) is 4.79 Å². The molecule has 0 radical (unpaired) electrons. The largest absolute Gasteiger partial charge is 0.441 e. The van der Waals surface area contributed by atoms with Crippen LogP contribution in [0.1, 0.15) is 32.1 Å². The highest BCUT2D eigenvalue weighted by Crippen LogP contribution is 2.24. The van der Waals surface area contributed by atoms with Crippen LogP contribution in [0.4, 0.5) is 8.78 Å². The summed E-state index contributed by atoms with van der Waals surface area (Å²) >= 11 is 0. The van der Waals surface area contributed by atoms with Crippen molar-refractivity contribution >= 4 is 5.91 Å². The van der Waals surface area contributed by atoms with Crippen molar-refractivity contribution in [2.45, 2.75) is 38.6 Å². The number of halogens is 2. The second-order valence-electron chi connectivity index (χ2n) is 5.58. The van der Waals surface area contributed by atoms with E-state index < -0.39 is 11.6 Å². The molecule has 0 aliphatic rings. The summed E-state index contributed by atoms with van der Waals surface area (Å²) in [4.78, 5) is 15.8. The molecular weight excluding hydrogens is 318 g/mol. The number of oxazole rings is 1. The maximum Gasteiger partial charge on any atom is 0.220 e. The Bertz CT molecular complexity index is 688. The number of hydrogen-bond donors (Lipinski definition) is 2. The Morgan fingerprint density at radius 3 is 2.92 bits per heavy atom. The van der Waals surface area contributed by atoms with Crippen molar-refractivity contribution in [1.29, 1.82) is 0 Å². The number of nitrogens with one attached hydrogen (secondary N) is 1. The standard InChI is InChI=1S/C17H20F2N2O3/c1-11(3-2-8-22)21-16(23)6-7-17-20-10-15(24-17)13-5-4-12(18)9-14(13)19/h4-5,9-11,22H,2-3,6-8H2,1H3,(H,21,23). The molecule has 0 spiro atoms. The van der Waals surface area contributed by atoms with Gasteiger partial charge in [0, 0.05) is 31.6 Å². The minimum Gasteiger partial charge on any atom is -0.441 e. The molecule has 1 aromatic heterocycles. The number of rotatable bonds is 8. The highest BCUT2D eigenvalue weighted by molar-refractivity contribution is 5.76. The van der Waals surface area contributed by atoms with Crippen LogP contribution >= 0.6 is 0 Å². The fourth-order valence-corrected chi connectivity index (χ4v) is 2.28. The Labute approximate surface area is 138 Å². The number of aryl methyl sites for hydroxylation is 1. The van der Waals surface area contributed by atoms with Crippen LogP contribution in [0.5, 0.6) is 0 Å². The molecule has 1 heterocycles. The summed E-state index contributed by atoms with van der Waals surface area (Å²) in [5.74, 6) is -1.03. The van der Waals surface area contributed by atoms with Gasteiger partial charge in [-0.05, 0) is 31.9 Å². The molecule has 1 atom stereocenters. The summed E-state index contributed by atoms with van der Waals surface area (Å²) in [7, 11) is 0. The maximum atomic E-state index is 13.7. The molecular formula is C17H20F2N2O3. The van der Waals surface area contributed by atoms with Crippen LogP contribution < -0.4 is 5.32 Å². The van der Waals surface area contributed by atoms with E-state index in [-0.39, 0.29) is 42.7 Å². The van der Waals surface area contributed by atoms with Crippen LogP contribution in [-0.4, -0.2) is 28.6 Å². The van der Waals surface area contributed by atoms with E-state index >= 15 is 0 Å². The molecule has 0 saturated carbocycles. The first-order valence-electron chi connectivity index (χ1n) is 7.80. The van der Waals surface area contributed by atoms with E-state index in [1.807, 2.05) is 6.92 Å². The third-order valence-corrected chi connectivity index (χ3v) is 3.52. The average molecular weight is 338 g/mol. The molecule has 0 saturated heterocycles. The van der Waals surface area contributed by atoms with Crippen LogP contribution in [0.3, 0.4) is 0 Å². The molecule has 1 aromatic carbocycles. The number of aromatic nitrogens is 1. The van der Waals surface area contributed by atoms with E-state index in [9.17, 15) is 13.6 Å². The zero-order valence-corrected chi connectivity index (χ0v) is 13.4. The van der Waals surface area contributed by atoms with Gasteiger partial charge in [0.1, 0.15) is 11.6 Å². The van der Waals surface area contributed by atoms with Gasteiger partial charge in [-0.1, -0.05) is 0 Å². The maximum absolute atomic E-state index is 13.7. The first kappa shape index (κ1) is 18.1. The van der Waals surface area contributed by atoms with Crippen LogP contribution in [0.2, 0.25) is 0 Å². The van der Waals surface area contributed by atoms with Gasteiger partial charge in [0.05, 0.1) is 11.8 Å². The van der Waals surface area contributed by atoms with Gasteiger partial charge >= 0.3 is 0 Å². The Kier molecular flexibility index (Phi) is 6.43. The second kappa shape index (κ2) is 8.54. The quantitative estimate of drug-likeness (QED) is 0.776. The number of benzene rings is 1. The zero-order chi connectivity index (χ0) is 17.5. The van der Waals surface area contributed by atoms with Gasteiger partial charge in [-0.25, -0.2) is 13.8 Å². The van der Waals surface area contributed by atoms with E-state index in [1.165, 1.54) is 12.3 Å². The highest BCUT2D eigenvalue weighted by atomic mass is 19.1. The van der Waals surface area contributed by atoms with Crippen molar-refractivity contribution in [2.75, 3.05) is 6.61 Å². The molecule has 1 amide bonds. The first-order chi connectivity index (χ1) is 11.5. The molecule has 2 rings (SSSR count). The Morgan fingerprint density at radius 1 is 1.42 bits per heavy atom. The molecule has 0 fully saturated rings. The molecule has 24 heavy (non-hydrogen) atoms. The fraction of sp³-hybridized carbons (Fsp3) is 0.412. The lowest BCUT2D eigenvalue weighted by Crippen LogP contribution is -2.32. The van der Waals surface area contributed by atoms with Gasteiger partial charge in [0.15, 0.2) is 11.7 Å². The van der Waals surface area contributed by atoms with Crippen molar-refractivity contribution in [3.8, 4) is 11.3 Å². The number of aliphatic hydroxyl groups excluding tert-OH is 1. The van der Waals surface area contributed by atoms with Gasteiger partial charge in [-0.2, -0.15) is 0 Å². The predicted molar refractivity (Wildman–Crippen MR) is 84.1 cm³/mol. The monoisotopic (exact) mass is 338 g/mol. The van der Waals surface area contributed by atoms with Crippen molar-refractivity contribution in [3.63, 3.8) is 0 Å². The van der Waals surface area contributed by atoms with Crippen LogP contribution in [0.25, 0.3) is 11.3 Å². The number of carbonyl (C=O) groups is 1. The lowest BCUT2D eigenvalue weighted by molar-refractivity contribution is -0.121. The molecule has 2 N–H and O–H groups in total. The summed E-state index contributed by atoms with van der Waals surface area (Å²) in [6, 6.07) is 3.18. The summed E-state index contributed by atoms with van der Waals surface area (Å²) < 4.78 is 32.0. The Hall–Kier alpha value is -2.28. The number of nitrogens with zero attached hydrogens (tertiary/aromatic N) is 1. The van der Waals surface area contributed by atoms with Gasteiger partial charge in [0.25, 0.3) is 0 Å². The van der Waals surface area contributed by atoms with E-state index in [4.69, 9.17) is 9.52 Å². The lowest BCUT2D eigenvalue weighted by Gasteiger charge is -2.12. The second-order valence-corrected chi connectivity index (χ2v) is 5.58. The van der Waals surface area contributed by atoms with Crippen molar-refractivity contribution in [3.05, 3.63) is 41.9 Å². The van der Waals surface area contributed by atoms with Crippen LogP contribution in [0.15, 0.2) is 28.8 Å². The van der Waals surface area contributed by atoms with E-state index in [0.29, 0.717) is 18.7 Å². The SMILES string of the molecule is CC(CCCO)NC(=O)CCc1ncc(-c2ccc(F)cc2F)o1. The van der Waals surface area contributed by atoms with Crippen molar-refractivity contribution in [2.24, 2.45) is 0 Å². The molecule has 2 aromatic rings. The normalized spacial score (nSPS) is 12.2. The fourth-order valence-electron chi connectivity index (χ4n) is 2.28. The molecule has 0 bridgehead atoms. The first-order valence-corrected chi connectivity index (χ1v) is 7.80. The molecule has 0 aliphatic heterocycles. The molecule has 1 unspecified atom stereocenters. The topological polar surface area (TPSA) is 75.4 Å². The summed E-state index contributed by atoms with van der Waals surface area (Å²) in [5, 5.41) is 11.6. The summed E-state index contributed by atoms with van der Waals surface area (Å²) in [5.41, 5.74) is 0.122. The molecule has 5 nitrogen and oxygen atoms in total. The number of hydrogen-bond acceptors (Lipinski definition) is 4. The van der Waals surface area contributed by atoms with Gasteiger partial charge in [-0.15, -0.1) is 0 Å². The average Bonchev–Trinajstić information content (AvgIpc) is 2.99. The number of aliphatic hydroxyl groups is 1. The van der Waals surface area contributed by atoms with Crippen LogP contribution in [-0.2, 0) is 11.2 Å². The third-order valence-electron chi connectivity index (χ3n) is 3.52.